The van der Waals surface area contributed by atoms with Crippen molar-refractivity contribution in [3.05, 3.63) is 134 Å². The molecule has 0 aromatic carbocycles. The van der Waals surface area contributed by atoms with Crippen LogP contribution in [0.4, 0.5) is 0 Å². The van der Waals surface area contributed by atoms with Gasteiger partial charge in [0.15, 0.2) is 6.10 Å². The molecule has 0 radical (unpaired) electrons. The Morgan fingerprint density at radius 2 is 0.595 bits per heavy atom. The van der Waals surface area contributed by atoms with Crippen molar-refractivity contribution in [2.45, 2.75) is 277 Å². The normalized spacial score (nSPS) is 13.2. The number of carbonyl (C=O) groups is 2. The van der Waals surface area contributed by atoms with E-state index in [-0.39, 0.29) is 31.6 Å². The molecule has 0 aliphatic rings. The van der Waals surface area contributed by atoms with Gasteiger partial charge in [-0.05, 0) is 109 Å². The van der Waals surface area contributed by atoms with E-state index in [1.54, 1.807) is 0 Å². The monoisotopic (exact) mass is 1020 g/mol. The predicted octanol–water partition coefficient (Wildman–Crippen LogP) is 21.2. The Hall–Kier alpha value is -3.96. The summed E-state index contributed by atoms with van der Waals surface area (Å²) < 4.78 is 10.7. The second-order valence-electron chi connectivity index (χ2n) is 20.0. The molecule has 1 N–H and O–H groups in total. The third-order valence-electron chi connectivity index (χ3n) is 12.9. The van der Waals surface area contributed by atoms with Crippen molar-refractivity contribution in [3.63, 3.8) is 0 Å². The van der Waals surface area contributed by atoms with Crippen LogP contribution in [0.2, 0.25) is 0 Å². The van der Waals surface area contributed by atoms with Gasteiger partial charge in [-0.2, -0.15) is 0 Å². The largest absolute Gasteiger partial charge is 0.462 e. The number of hydrogen-bond acceptors (Lipinski definition) is 5. The first-order valence-corrected chi connectivity index (χ1v) is 30.7. The van der Waals surface area contributed by atoms with E-state index in [1.807, 2.05) is 0 Å². The summed E-state index contributed by atoms with van der Waals surface area (Å²) in [5.41, 5.74) is 0. The summed E-state index contributed by atoms with van der Waals surface area (Å²) >= 11 is 0. The molecule has 5 nitrogen and oxygen atoms in total. The van der Waals surface area contributed by atoms with Crippen molar-refractivity contribution < 1.29 is 24.2 Å². The average Bonchev–Trinajstić information content (AvgIpc) is 3.40. The van der Waals surface area contributed by atoms with Gasteiger partial charge < -0.3 is 14.6 Å². The number of esters is 2. The molecule has 74 heavy (non-hydrogen) atoms. The van der Waals surface area contributed by atoms with Gasteiger partial charge in [0.2, 0.25) is 0 Å². The highest BCUT2D eigenvalue weighted by Gasteiger charge is 2.16. The van der Waals surface area contributed by atoms with Gasteiger partial charge in [-0.1, -0.05) is 282 Å². The first kappa shape index (κ1) is 70.0. The zero-order valence-electron chi connectivity index (χ0n) is 48.1. The van der Waals surface area contributed by atoms with Crippen molar-refractivity contribution in [3.8, 4) is 0 Å². The number of rotatable bonds is 55. The van der Waals surface area contributed by atoms with Crippen LogP contribution in [0.25, 0.3) is 0 Å². The molecule has 420 valence electrons. The van der Waals surface area contributed by atoms with E-state index in [2.05, 4.69) is 148 Å². The molecule has 0 bridgehead atoms. The molecule has 0 aromatic heterocycles. The highest BCUT2D eigenvalue weighted by Crippen LogP contribution is 2.16. The van der Waals surface area contributed by atoms with Gasteiger partial charge in [-0.25, -0.2) is 0 Å². The first-order valence-electron chi connectivity index (χ1n) is 30.7. The Kier molecular flexibility index (Phi) is 59.9. The number of hydrogen-bond donors (Lipinski definition) is 1. The molecule has 0 spiro atoms. The van der Waals surface area contributed by atoms with Crippen LogP contribution in [0.3, 0.4) is 0 Å². The van der Waals surface area contributed by atoms with E-state index >= 15 is 0 Å². The molecule has 0 rings (SSSR count). The fourth-order valence-electron chi connectivity index (χ4n) is 8.35. The Balaban J connectivity index is 3.59. The van der Waals surface area contributed by atoms with Gasteiger partial charge in [0, 0.05) is 12.8 Å². The van der Waals surface area contributed by atoms with Gasteiger partial charge in [0.05, 0.1) is 6.61 Å². The maximum absolute atomic E-state index is 12.3. The van der Waals surface area contributed by atoms with Crippen LogP contribution in [0.5, 0.6) is 0 Å². The Morgan fingerprint density at radius 1 is 0.324 bits per heavy atom. The van der Waals surface area contributed by atoms with E-state index in [1.165, 1.54) is 148 Å². The maximum atomic E-state index is 12.3. The fraction of sp³-hybridized carbons (Fsp3) is 0.652. The van der Waals surface area contributed by atoms with Gasteiger partial charge >= 0.3 is 11.9 Å². The van der Waals surface area contributed by atoms with E-state index in [4.69, 9.17) is 9.47 Å². The summed E-state index contributed by atoms with van der Waals surface area (Å²) in [5.74, 6) is -0.662. The second-order valence-corrected chi connectivity index (χ2v) is 20.0. The molecule has 0 saturated heterocycles. The minimum absolute atomic E-state index is 0.0954. The summed E-state index contributed by atoms with van der Waals surface area (Å²) in [7, 11) is 0. The number of allylic oxidation sites excluding steroid dienone is 22. The van der Waals surface area contributed by atoms with Crippen molar-refractivity contribution in [2.24, 2.45) is 0 Å². The van der Waals surface area contributed by atoms with E-state index in [0.29, 0.717) is 12.8 Å². The summed E-state index contributed by atoms with van der Waals surface area (Å²) in [6.07, 6.45) is 94.5. The quantitative estimate of drug-likeness (QED) is 0.0373. The topological polar surface area (TPSA) is 72.8 Å². The molecule has 0 fully saturated rings. The molecule has 0 amide bonds. The Morgan fingerprint density at radius 3 is 0.919 bits per heavy atom. The smallest absolute Gasteiger partial charge is 0.306 e. The lowest BCUT2D eigenvalue weighted by Gasteiger charge is -2.15. The van der Waals surface area contributed by atoms with Crippen LogP contribution in [0.1, 0.15) is 271 Å². The minimum Gasteiger partial charge on any atom is -0.462 e. The van der Waals surface area contributed by atoms with Crippen LogP contribution in [0.15, 0.2) is 134 Å². The highest BCUT2D eigenvalue weighted by atomic mass is 16.6. The lowest BCUT2D eigenvalue weighted by atomic mass is 10.0. The van der Waals surface area contributed by atoms with Crippen molar-refractivity contribution in [2.75, 3.05) is 13.2 Å². The van der Waals surface area contributed by atoms with Crippen LogP contribution in [0, 0.1) is 0 Å². The molecule has 1 atom stereocenters. The molecular weight excluding hydrogens is 909 g/mol. The number of unbranched alkanes of at least 4 members (excludes halogenated alkanes) is 25. The Bertz CT molecular complexity index is 1530. The zero-order chi connectivity index (χ0) is 53.4. The van der Waals surface area contributed by atoms with Crippen LogP contribution in [-0.2, 0) is 19.1 Å². The second kappa shape index (κ2) is 63.3. The van der Waals surface area contributed by atoms with Crippen molar-refractivity contribution in [1.82, 2.24) is 0 Å². The van der Waals surface area contributed by atoms with Gasteiger partial charge in [0.1, 0.15) is 6.61 Å². The molecule has 1 unspecified atom stereocenters. The predicted molar refractivity (Wildman–Crippen MR) is 324 cm³/mol. The van der Waals surface area contributed by atoms with E-state index in [9.17, 15) is 14.7 Å². The SMILES string of the molecule is CC/C=C\C/C=C\C/C=C\C/C=C\C/C=C\C/C=C\C/C=C\C/C=C\C/C=C\CCCC(=O)OC(CO)COC(=O)CCCCCCCCCCCCCCCCCCCCC/C=C\C/C=C\CCCCCCC. The zero-order valence-corrected chi connectivity index (χ0v) is 48.1. The number of aliphatic hydroxyl groups excluding tert-OH is 1. The molecule has 0 saturated carbocycles. The number of carbonyl (C=O) groups excluding carboxylic acids is 2. The van der Waals surface area contributed by atoms with Gasteiger partial charge in [-0.3, -0.25) is 9.59 Å². The minimum atomic E-state index is -0.813. The maximum Gasteiger partial charge on any atom is 0.306 e. The van der Waals surface area contributed by atoms with Gasteiger partial charge in [0.25, 0.3) is 0 Å². The lowest BCUT2D eigenvalue weighted by molar-refractivity contribution is -0.161. The molecule has 0 aromatic rings. The average molecular weight is 1020 g/mol. The first-order chi connectivity index (χ1) is 36.6. The van der Waals surface area contributed by atoms with Crippen LogP contribution < -0.4 is 0 Å². The van der Waals surface area contributed by atoms with E-state index < -0.39 is 6.10 Å². The molecule has 0 heterocycles. The summed E-state index contributed by atoms with van der Waals surface area (Å²) in [4.78, 5) is 24.5. The molecular formula is C69H114O5. The molecule has 0 aliphatic carbocycles. The summed E-state index contributed by atoms with van der Waals surface area (Å²) in [5, 5.41) is 9.66. The van der Waals surface area contributed by atoms with Crippen LogP contribution >= 0.6 is 0 Å². The molecule has 0 aliphatic heterocycles. The third kappa shape index (κ3) is 60.6. The van der Waals surface area contributed by atoms with Crippen molar-refractivity contribution in [1.29, 1.82) is 0 Å². The van der Waals surface area contributed by atoms with Crippen molar-refractivity contribution >= 4 is 11.9 Å². The fourth-order valence-corrected chi connectivity index (χ4v) is 8.35. The lowest BCUT2D eigenvalue weighted by Crippen LogP contribution is -2.28. The van der Waals surface area contributed by atoms with Crippen LogP contribution in [-0.4, -0.2) is 36.4 Å². The Labute approximate surface area is 457 Å². The summed E-state index contributed by atoms with van der Waals surface area (Å²) in [6, 6.07) is 0. The van der Waals surface area contributed by atoms with E-state index in [0.717, 1.165) is 89.9 Å². The standard InChI is InChI=1S/C69H114O5/c1-3-5-7-9-11-13-15-17-19-21-23-25-27-29-31-33-34-36-37-39-41-43-45-47-49-51-53-55-57-59-61-63-68(71)73-66-67(65-70)74-69(72)64-62-60-58-56-54-52-50-48-46-44-42-40-38-35-32-30-28-26-24-22-20-18-16-14-12-10-8-6-4-2/h6,8,12,14-15,17-18,20-21,23-24,26,30,32,38,40,44,46,50,52,56,58,67,70H,3-5,7,9-11,13,16,19,22,25,27-29,31,33-37,39,41-43,45,47-49,51,53-55,57,59-66H2,1-2H3/b8-6-,14-12-,17-15-,20-18-,23-21-,26-24-,32-30-,40-38-,46-44-,52-50-,58-56-. The highest BCUT2D eigenvalue weighted by molar-refractivity contribution is 5.70. The molecule has 5 heteroatoms. The third-order valence-corrected chi connectivity index (χ3v) is 12.9. The number of ether oxygens (including phenoxy) is 2. The number of aliphatic hydroxyl groups is 1. The summed E-state index contributed by atoms with van der Waals surface area (Å²) in [6.45, 7) is 3.98. The van der Waals surface area contributed by atoms with Gasteiger partial charge in [-0.15, -0.1) is 0 Å².